The number of fused-ring (bicyclic) bond motifs is 3. The second kappa shape index (κ2) is 5.62. The van der Waals surface area contributed by atoms with Crippen LogP contribution >= 0.6 is 11.3 Å². The summed E-state index contributed by atoms with van der Waals surface area (Å²) in [4.78, 5) is 21.6. The molecule has 0 saturated carbocycles. The summed E-state index contributed by atoms with van der Waals surface area (Å²) in [7, 11) is 1.82. The standard InChI is InChI=1S/C15H16N6OS/c1-16-13-6-12-19-14-10(7-17-21(13)14)11(22)5-3-2-4-9-8-23-15(18-9)20-12/h6-8,16H,2-5H2,1H3,(H,18,19,20). The fraction of sp³-hybridized carbons (Fsp3) is 0.333. The first-order valence-corrected chi connectivity index (χ1v) is 8.44. The monoisotopic (exact) mass is 328 g/mol. The van der Waals surface area contributed by atoms with Gasteiger partial charge in [0.1, 0.15) is 11.6 Å². The number of aryl methyl sites for hydroxylation is 1. The van der Waals surface area contributed by atoms with Crippen molar-refractivity contribution in [3.05, 3.63) is 28.9 Å². The van der Waals surface area contributed by atoms with Gasteiger partial charge in [0.2, 0.25) is 0 Å². The van der Waals surface area contributed by atoms with Gasteiger partial charge < -0.3 is 10.6 Å². The molecule has 4 rings (SSSR count). The molecule has 0 unspecified atom stereocenters. The van der Waals surface area contributed by atoms with Crippen molar-refractivity contribution in [2.45, 2.75) is 25.7 Å². The number of Topliss-reactive ketones (excluding diaryl/α,β-unsaturated/α-hetero) is 1. The van der Waals surface area contributed by atoms with E-state index in [0.717, 1.165) is 35.9 Å². The fourth-order valence-electron chi connectivity index (χ4n) is 2.72. The summed E-state index contributed by atoms with van der Waals surface area (Å²) in [6, 6.07) is 1.86. The summed E-state index contributed by atoms with van der Waals surface area (Å²) < 4.78 is 1.66. The van der Waals surface area contributed by atoms with Crippen LogP contribution in [-0.4, -0.2) is 32.4 Å². The van der Waals surface area contributed by atoms with Crippen LogP contribution in [0, 0.1) is 0 Å². The van der Waals surface area contributed by atoms with Crippen LogP contribution in [0.15, 0.2) is 17.6 Å². The van der Waals surface area contributed by atoms with E-state index in [4.69, 9.17) is 0 Å². The molecule has 0 fully saturated rings. The predicted molar refractivity (Wildman–Crippen MR) is 89.8 cm³/mol. The van der Waals surface area contributed by atoms with E-state index in [2.05, 4.69) is 31.1 Å². The van der Waals surface area contributed by atoms with E-state index >= 15 is 0 Å². The molecule has 2 N–H and O–H groups in total. The van der Waals surface area contributed by atoms with Crippen molar-refractivity contribution >= 4 is 39.5 Å². The largest absolute Gasteiger partial charge is 0.373 e. The third-order valence-electron chi connectivity index (χ3n) is 3.90. The molecule has 0 atom stereocenters. The van der Waals surface area contributed by atoms with Crippen molar-refractivity contribution in [1.29, 1.82) is 0 Å². The lowest BCUT2D eigenvalue weighted by Gasteiger charge is -2.08. The molecule has 23 heavy (non-hydrogen) atoms. The summed E-state index contributed by atoms with van der Waals surface area (Å²) in [6.07, 6.45) is 4.80. The van der Waals surface area contributed by atoms with E-state index in [1.165, 1.54) is 0 Å². The van der Waals surface area contributed by atoms with Gasteiger partial charge in [0.05, 0.1) is 17.5 Å². The highest BCUT2D eigenvalue weighted by atomic mass is 32.1. The Morgan fingerprint density at radius 1 is 1.30 bits per heavy atom. The lowest BCUT2D eigenvalue weighted by Crippen LogP contribution is -2.05. The van der Waals surface area contributed by atoms with E-state index in [9.17, 15) is 4.79 Å². The van der Waals surface area contributed by atoms with Crippen LogP contribution < -0.4 is 10.6 Å². The van der Waals surface area contributed by atoms with Crippen molar-refractivity contribution in [3.63, 3.8) is 0 Å². The molecule has 0 aromatic carbocycles. The van der Waals surface area contributed by atoms with Crippen molar-refractivity contribution in [2.75, 3.05) is 17.7 Å². The van der Waals surface area contributed by atoms with Gasteiger partial charge in [-0.2, -0.15) is 9.61 Å². The van der Waals surface area contributed by atoms with Crippen LogP contribution in [0.3, 0.4) is 0 Å². The van der Waals surface area contributed by atoms with Crippen molar-refractivity contribution in [1.82, 2.24) is 19.6 Å². The van der Waals surface area contributed by atoms with E-state index in [1.807, 2.05) is 13.1 Å². The second-order valence-electron chi connectivity index (χ2n) is 5.47. The number of aromatic nitrogens is 4. The number of carbonyl (C=O) groups is 1. The van der Waals surface area contributed by atoms with Gasteiger partial charge in [-0.15, -0.1) is 11.3 Å². The number of thiazole rings is 1. The van der Waals surface area contributed by atoms with Gasteiger partial charge in [-0.1, -0.05) is 0 Å². The molecule has 8 heteroatoms. The third kappa shape index (κ3) is 2.55. The summed E-state index contributed by atoms with van der Waals surface area (Å²) in [5.74, 6) is 1.50. The third-order valence-corrected chi connectivity index (χ3v) is 4.71. The zero-order chi connectivity index (χ0) is 15.8. The number of rotatable bonds is 1. The Balaban J connectivity index is 1.88. The Labute approximate surface area is 136 Å². The lowest BCUT2D eigenvalue weighted by atomic mass is 10.1. The lowest BCUT2D eigenvalue weighted by molar-refractivity contribution is 0.0980. The van der Waals surface area contributed by atoms with Gasteiger partial charge in [-0.25, -0.2) is 9.97 Å². The molecule has 4 bridgehead atoms. The van der Waals surface area contributed by atoms with Crippen molar-refractivity contribution < 1.29 is 4.79 Å². The molecule has 3 aromatic heterocycles. The van der Waals surface area contributed by atoms with Crippen LogP contribution in [0.1, 0.15) is 35.3 Å². The van der Waals surface area contributed by atoms with E-state index in [1.54, 1.807) is 22.0 Å². The molecular weight excluding hydrogens is 312 g/mol. The van der Waals surface area contributed by atoms with Crippen LogP contribution in [0.2, 0.25) is 0 Å². The minimum atomic E-state index is 0.0871. The molecule has 1 aliphatic rings. The summed E-state index contributed by atoms with van der Waals surface area (Å²) in [5.41, 5.74) is 2.20. The molecule has 0 amide bonds. The topological polar surface area (TPSA) is 84.2 Å². The van der Waals surface area contributed by atoms with Crippen LogP contribution in [0.25, 0.3) is 5.65 Å². The minimum Gasteiger partial charge on any atom is -0.373 e. The molecular formula is C15H16N6OS. The van der Waals surface area contributed by atoms with Gasteiger partial charge >= 0.3 is 0 Å². The van der Waals surface area contributed by atoms with Crippen LogP contribution in [-0.2, 0) is 6.42 Å². The first-order chi connectivity index (χ1) is 11.2. The molecule has 0 radical (unpaired) electrons. The first-order valence-electron chi connectivity index (χ1n) is 7.56. The van der Waals surface area contributed by atoms with E-state index < -0.39 is 0 Å². The van der Waals surface area contributed by atoms with Crippen molar-refractivity contribution in [3.8, 4) is 0 Å². The first kappa shape index (κ1) is 14.1. The Hall–Kier alpha value is -2.48. The van der Waals surface area contributed by atoms with E-state index in [0.29, 0.717) is 23.4 Å². The number of carbonyl (C=O) groups excluding carboxylic acids is 1. The molecule has 0 saturated heterocycles. The van der Waals surface area contributed by atoms with Gasteiger partial charge in [0, 0.05) is 24.9 Å². The summed E-state index contributed by atoms with van der Waals surface area (Å²) in [6.45, 7) is 0. The maximum absolute atomic E-state index is 12.5. The second-order valence-corrected chi connectivity index (χ2v) is 6.33. The quantitative estimate of drug-likeness (QED) is 0.714. The zero-order valence-corrected chi connectivity index (χ0v) is 13.5. The predicted octanol–water partition coefficient (Wildman–Crippen LogP) is 2.88. The number of nitrogens with one attached hydrogen (secondary N) is 2. The van der Waals surface area contributed by atoms with Crippen molar-refractivity contribution in [2.24, 2.45) is 0 Å². The minimum absolute atomic E-state index is 0.0871. The smallest absolute Gasteiger partial charge is 0.188 e. The Morgan fingerprint density at radius 2 is 2.17 bits per heavy atom. The highest BCUT2D eigenvalue weighted by Crippen LogP contribution is 2.26. The normalized spacial score (nSPS) is 14.9. The SMILES string of the molecule is CNc1cc2nc3c(cnn13)C(=O)CCCCc1csc(n1)N2. The summed E-state index contributed by atoms with van der Waals surface area (Å²) >= 11 is 1.57. The summed E-state index contributed by atoms with van der Waals surface area (Å²) in [5, 5.41) is 13.5. The fourth-order valence-corrected chi connectivity index (χ4v) is 3.47. The highest BCUT2D eigenvalue weighted by molar-refractivity contribution is 7.13. The molecule has 118 valence electrons. The number of nitrogens with zero attached hydrogens (tertiary/aromatic N) is 4. The average Bonchev–Trinajstić information content (AvgIpc) is 3.17. The number of hydrogen-bond acceptors (Lipinski definition) is 7. The Morgan fingerprint density at radius 3 is 3.04 bits per heavy atom. The molecule has 4 heterocycles. The highest BCUT2D eigenvalue weighted by Gasteiger charge is 2.17. The van der Waals surface area contributed by atoms with Crippen LogP contribution in [0.5, 0.6) is 0 Å². The molecule has 0 aliphatic carbocycles. The van der Waals surface area contributed by atoms with Gasteiger partial charge in [-0.3, -0.25) is 4.79 Å². The number of hydrogen-bond donors (Lipinski definition) is 2. The molecule has 1 aliphatic heterocycles. The Kier molecular flexibility index (Phi) is 3.45. The average molecular weight is 328 g/mol. The van der Waals surface area contributed by atoms with Gasteiger partial charge in [0.15, 0.2) is 16.6 Å². The Bertz CT molecular complexity index is 883. The molecule has 3 aromatic rings. The van der Waals surface area contributed by atoms with Gasteiger partial charge in [-0.05, 0) is 19.3 Å². The molecule has 0 spiro atoms. The number of anilines is 3. The van der Waals surface area contributed by atoms with Gasteiger partial charge in [0.25, 0.3) is 0 Å². The molecule has 7 nitrogen and oxygen atoms in total. The van der Waals surface area contributed by atoms with Crippen LogP contribution in [0.4, 0.5) is 16.8 Å². The number of ketones is 1. The maximum Gasteiger partial charge on any atom is 0.188 e. The zero-order valence-electron chi connectivity index (χ0n) is 12.7. The van der Waals surface area contributed by atoms with E-state index in [-0.39, 0.29) is 5.78 Å². The maximum atomic E-state index is 12.5.